The molecular weight excluding hydrogens is 1320 g/mol. The first-order valence-corrected chi connectivity index (χ1v) is 35.6. The maximum Gasteiger partial charge on any atom is 0.306 e. The van der Waals surface area contributed by atoms with E-state index in [0.29, 0.717) is 85.3 Å². The van der Waals surface area contributed by atoms with E-state index in [-0.39, 0.29) is 78.5 Å². The van der Waals surface area contributed by atoms with Crippen molar-refractivity contribution in [2.45, 2.75) is 109 Å². The molecule has 12 aromatic carbocycles. The molecule has 14 heteroatoms. The van der Waals surface area contributed by atoms with Crippen molar-refractivity contribution in [1.82, 2.24) is 0 Å². The lowest BCUT2D eigenvalue weighted by atomic mass is 9.77. The Bertz CT molecular complexity index is 4860. The van der Waals surface area contributed by atoms with Crippen LogP contribution in [0.15, 0.2) is 297 Å². The Hall–Kier alpha value is -12.4. The SMILES string of the molecule is O=C1CCCC(=O)O[C@H]2Cc3c(OCc4ccccc4)cc(OCc4ccccc4)c(c3O[C@@H]2c2ccc(OCc3ccccc3)c(OCc3ccccc3)c2)[C@H]2c3c(OCc4ccccc4)cc(OCc4ccccc4)cc3O[C@H](c3ccc(OCc4ccccc4)c(OCc4ccccc4)c3)[C@@H]2O1. The second-order valence-corrected chi connectivity index (χ2v) is 26.1. The highest BCUT2D eigenvalue weighted by Crippen LogP contribution is 2.60. The third-order valence-electron chi connectivity index (χ3n) is 18.7. The molecule has 0 saturated heterocycles. The zero-order chi connectivity index (χ0) is 70.9. The summed E-state index contributed by atoms with van der Waals surface area (Å²) in [7, 11) is 0. The number of benzene rings is 12. The first-order chi connectivity index (χ1) is 51.8. The monoisotopic (exact) mass is 1390 g/mol. The molecule has 4 aliphatic heterocycles. The summed E-state index contributed by atoms with van der Waals surface area (Å²) in [6.07, 6.45) is -4.50. The Morgan fingerprint density at radius 1 is 0.295 bits per heavy atom. The highest BCUT2D eigenvalue weighted by molar-refractivity contribution is 5.75. The van der Waals surface area contributed by atoms with E-state index in [1.165, 1.54) is 0 Å². The van der Waals surface area contributed by atoms with Crippen LogP contribution >= 0.6 is 0 Å². The highest BCUT2D eigenvalue weighted by Gasteiger charge is 2.50. The largest absolute Gasteiger partial charge is 0.489 e. The van der Waals surface area contributed by atoms with E-state index >= 15 is 4.79 Å². The van der Waals surface area contributed by atoms with Crippen molar-refractivity contribution in [2.75, 3.05) is 0 Å². The molecule has 0 aliphatic carbocycles. The van der Waals surface area contributed by atoms with Crippen molar-refractivity contribution in [3.8, 4) is 57.5 Å². The number of carbonyl (C=O) groups is 2. The lowest BCUT2D eigenvalue weighted by molar-refractivity contribution is -0.159. The number of rotatable bonds is 26. The molecule has 0 N–H and O–H groups in total. The average molecular weight is 1400 g/mol. The van der Waals surface area contributed by atoms with Crippen LogP contribution in [0, 0.1) is 0 Å². The van der Waals surface area contributed by atoms with E-state index < -0.39 is 42.3 Å². The van der Waals surface area contributed by atoms with Crippen LogP contribution in [-0.2, 0) is 78.3 Å². The molecule has 0 aromatic heterocycles. The maximum absolute atomic E-state index is 15.4. The van der Waals surface area contributed by atoms with E-state index in [1.54, 1.807) is 0 Å². The molecule has 16 rings (SSSR count). The normalized spacial score (nSPS) is 16.6. The summed E-state index contributed by atoms with van der Waals surface area (Å²) in [4.78, 5) is 30.1. The van der Waals surface area contributed by atoms with E-state index in [0.717, 1.165) is 44.5 Å². The zero-order valence-corrected chi connectivity index (χ0v) is 57.9. The number of fused-ring (bicyclic) bond motifs is 8. The predicted octanol–water partition coefficient (Wildman–Crippen LogP) is 19.3. The van der Waals surface area contributed by atoms with Gasteiger partial charge < -0.3 is 56.8 Å². The fourth-order valence-corrected chi connectivity index (χ4v) is 13.4. The lowest BCUT2D eigenvalue weighted by Gasteiger charge is -2.43. The summed E-state index contributed by atoms with van der Waals surface area (Å²) in [5, 5.41) is 0. The third kappa shape index (κ3) is 17.1. The predicted molar refractivity (Wildman–Crippen MR) is 398 cm³/mol. The minimum atomic E-state index is -1.27. The third-order valence-corrected chi connectivity index (χ3v) is 18.7. The summed E-state index contributed by atoms with van der Waals surface area (Å²) in [6.45, 7) is 1.50. The average Bonchev–Trinajstić information content (AvgIpc) is 0.719. The van der Waals surface area contributed by atoms with Crippen molar-refractivity contribution in [3.05, 3.63) is 370 Å². The molecule has 4 aliphatic rings. The minimum absolute atomic E-state index is 0.0844. The van der Waals surface area contributed by atoms with Gasteiger partial charge in [-0.1, -0.05) is 255 Å². The number of esters is 2. The standard InChI is InChI=1S/C91H78O14/c92-83-42-25-43-84(93)104-91-87(85-79(100-60-68-38-21-7-22-39-68)50-72(94-54-62-26-9-1-10-27-62)51-81(85)103-89(91)71-45-47-75(96-56-64-30-13-3-14-31-64)78(49-71)99-59-67-36-19-6-20-37-67)86-80(101-61-69-40-23-8-24-41-69)53-76(97-57-65-32-15-4-16-33-65)73-52-82(102-83)88(105-90(73)86)70-44-46-74(95-55-63-28-11-2-12-29-63)77(48-70)98-58-66-34-17-5-18-35-66/h1-24,26-41,44-51,53,82,87-89,91H,25,42-43,52,54-61H2/t82-,87+,88+,89+,91+/m0/s1. The first kappa shape index (κ1) is 68.4. The molecule has 4 heterocycles. The van der Waals surface area contributed by atoms with Crippen molar-refractivity contribution >= 4 is 11.9 Å². The second kappa shape index (κ2) is 33.1. The molecule has 5 atom stereocenters. The number of hydrogen-bond acceptors (Lipinski definition) is 14. The minimum Gasteiger partial charge on any atom is -0.489 e. The van der Waals surface area contributed by atoms with Gasteiger partial charge in [0.05, 0.1) is 5.92 Å². The Morgan fingerprint density at radius 3 is 1.07 bits per heavy atom. The number of hydrogen-bond donors (Lipinski definition) is 0. The smallest absolute Gasteiger partial charge is 0.306 e. The lowest BCUT2D eigenvalue weighted by Crippen LogP contribution is -2.41. The van der Waals surface area contributed by atoms with Gasteiger partial charge in [-0.3, -0.25) is 9.59 Å². The van der Waals surface area contributed by atoms with Crippen molar-refractivity contribution in [3.63, 3.8) is 0 Å². The van der Waals surface area contributed by atoms with Crippen LogP contribution in [0.4, 0.5) is 0 Å². The van der Waals surface area contributed by atoms with Gasteiger partial charge in [-0.25, -0.2) is 0 Å². The molecular formula is C91H78O14. The van der Waals surface area contributed by atoms with Crippen molar-refractivity contribution in [1.29, 1.82) is 0 Å². The van der Waals surface area contributed by atoms with Gasteiger partial charge in [-0.15, -0.1) is 0 Å². The Kier molecular flexibility index (Phi) is 21.6. The fraction of sp³-hybridized carbons (Fsp3) is 0.187. The molecule has 0 saturated carbocycles. The van der Waals surface area contributed by atoms with Crippen LogP contribution < -0.4 is 47.4 Å². The quantitative estimate of drug-likeness (QED) is 0.0474. The van der Waals surface area contributed by atoms with E-state index in [9.17, 15) is 4.79 Å². The van der Waals surface area contributed by atoms with Gasteiger partial charge in [0.15, 0.2) is 41.3 Å². The zero-order valence-electron chi connectivity index (χ0n) is 57.9. The van der Waals surface area contributed by atoms with Gasteiger partial charge in [0.2, 0.25) is 0 Å². The molecule has 12 aromatic rings. The highest BCUT2D eigenvalue weighted by atomic mass is 16.6. The molecule has 14 nitrogen and oxygen atoms in total. The summed E-state index contributed by atoms with van der Waals surface area (Å²) in [6, 6.07) is 96.4. The summed E-state index contributed by atoms with van der Waals surface area (Å²) in [5.41, 5.74) is 10.2. The maximum atomic E-state index is 15.4. The second-order valence-electron chi connectivity index (χ2n) is 26.1. The van der Waals surface area contributed by atoms with Crippen molar-refractivity contribution in [2.24, 2.45) is 0 Å². The summed E-state index contributed by atoms with van der Waals surface area (Å²) >= 11 is 0. The van der Waals surface area contributed by atoms with Crippen LogP contribution in [0.3, 0.4) is 0 Å². The fourth-order valence-electron chi connectivity index (χ4n) is 13.4. The molecule has 0 amide bonds. The molecule has 4 bridgehead atoms. The molecule has 105 heavy (non-hydrogen) atoms. The van der Waals surface area contributed by atoms with Crippen molar-refractivity contribution < 1.29 is 66.4 Å². The van der Waals surface area contributed by atoms with Crippen LogP contribution in [-0.4, -0.2) is 24.1 Å². The van der Waals surface area contributed by atoms with Gasteiger partial charge in [-0.2, -0.15) is 0 Å². The van der Waals surface area contributed by atoms with Gasteiger partial charge in [0.25, 0.3) is 0 Å². The summed E-state index contributed by atoms with van der Waals surface area (Å²) in [5.74, 6) is 1.89. The first-order valence-electron chi connectivity index (χ1n) is 35.6. The molecule has 0 radical (unpaired) electrons. The Balaban J connectivity index is 0.967. The van der Waals surface area contributed by atoms with E-state index in [1.807, 2.05) is 297 Å². The van der Waals surface area contributed by atoms with Crippen LogP contribution in [0.25, 0.3) is 0 Å². The molecule has 0 spiro atoms. The van der Waals surface area contributed by atoms with Gasteiger partial charge in [0, 0.05) is 65.3 Å². The van der Waals surface area contributed by atoms with Gasteiger partial charge >= 0.3 is 11.9 Å². The van der Waals surface area contributed by atoms with Crippen LogP contribution in [0.5, 0.6) is 57.5 Å². The van der Waals surface area contributed by atoms with E-state index in [4.69, 9.17) is 56.8 Å². The molecule has 526 valence electrons. The Morgan fingerprint density at radius 2 is 0.648 bits per heavy atom. The van der Waals surface area contributed by atoms with Crippen LogP contribution in [0.2, 0.25) is 0 Å². The number of ether oxygens (including phenoxy) is 12. The van der Waals surface area contributed by atoms with E-state index in [2.05, 4.69) is 0 Å². The molecule has 0 unspecified atom stereocenters. The number of carbonyl (C=O) groups excluding carboxylic acids is 2. The van der Waals surface area contributed by atoms with Gasteiger partial charge in [0.1, 0.15) is 93.5 Å². The Labute approximate surface area is 611 Å². The topological polar surface area (TPSA) is 145 Å². The van der Waals surface area contributed by atoms with Gasteiger partial charge in [-0.05, 0) is 75.2 Å². The molecule has 0 fully saturated rings. The summed E-state index contributed by atoms with van der Waals surface area (Å²) < 4.78 is 84.8. The van der Waals surface area contributed by atoms with Crippen LogP contribution in [0.1, 0.15) is 110 Å².